The Bertz CT molecular complexity index is 1410. The summed E-state index contributed by atoms with van der Waals surface area (Å²) in [4.78, 5) is 28.2. The minimum Gasteiger partial charge on any atom is -0.352 e. The normalized spacial score (nSPS) is 12.9. The van der Waals surface area contributed by atoms with E-state index in [9.17, 15) is 22.4 Å². The van der Waals surface area contributed by atoms with E-state index in [-0.39, 0.29) is 23.0 Å². The van der Waals surface area contributed by atoms with Crippen LogP contribution in [-0.2, 0) is 26.2 Å². The molecule has 0 aliphatic heterocycles. The first-order chi connectivity index (χ1) is 18.4. The second kappa shape index (κ2) is 12.9. The SMILES string of the molecule is CC[C@H](C)NC(=O)[C@@H](C)N(Cc1ccccc1F)C(=O)CN(c1cccc(C)c1)S(=O)(=O)c1ccc(C)cc1. The van der Waals surface area contributed by atoms with Gasteiger partial charge in [-0.2, -0.15) is 0 Å². The molecule has 1 N–H and O–H groups in total. The maximum absolute atomic E-state index is 14.6. The topological polar surface area (TPSA) is 86.8 Å². The molecule has 3 aromatic rings. The van der Waals surface area contributed by atoms with Crippen LogP contribution in [0.4, 0.5) is 10.1 Å². The van der Waals surface area contributed by atoms with Gasteiger partial charge in [-0.05, 0) is 70.0 Å². The molecule has 0 unspecified atom stereocenters. The number of carbonyl (C=O) groups is 2. The van der Waals surface area contributed by atoms with Gasteiger partial charge in [-0.3, -0.25) is 13.9 Å². The molecule has 2 amide bonds. The number of amides is 2. The highest BCUT2D eigenvalue weighted by atomic mass is 32.2. The Balaban J connectivity index is 2.04. The number of hydrogen-bond donors (Lipinski definition) is 1. The van der Waals surface area contributed by atoms with Gasteiger partial charge in [-0.15, -0.1) is 0 Å². The zero-order valence-corrected chi connectivity index (χ0v) is 23.8. The summed E-state index contributed by atoms with van der Waals surface area (Å²) in [5, 5.41) is 2.86. The summed E-state index contributed by atoms with van der Waals surface area (Å²) in [6.07, 6.45) is 0.690. The van der Waals surface area contributed by atoms with E-state index >= 15 is 0 Å². The number of nitrogens with one attached hydrogen (secondary N) is 1. The van der Waals surface area contributed by atoms with Gasteiger partial charge in [-0.1, -0.05) is 55.0 Å². The van der Waals surface area contributed by atoms with Gasteiger partial charge in [0.2, 0.25) is 11.8 Å². The highest BCUT2D eigenvalue weighted by Gasteiger charge is 2.33. The molecule has 9 heteroatoms. The van der Waals surface area contributed by atoms with E-state index in [2.05, 4.69) is 5.32 Å². The lowest BCUT2D eigenvalue weighted by molar-refractivity contribution is -0.139. The molecule has 2 atom stereocenters. The quantitative estimate of drug-likeness (QED) is 0.363. The van der Waals surface area contributed by atoms with E-state index in [1.807, 2.05) is 33.8 Å². The van der Waals surface area contributed by atoms with Crippen molar-refractivity contribution in [1.29, 1.82) is 0 Å². The zero-order chi connectivity index (χ0) is 28.7. The minimum atomic E-state index is -4.15. The molecule has 3 aromatic carbocycles. The molecule has 0 heterocycles. The lowest BCUT2D eigenvalue weighted by Crippen LogP contribution is -2.52. The average molecular weight is 554 g/mol. The molecule has 7 nitrogen and oxygen atoms in total. The Morgan fingerprint density at radius 1 is 0.923 bits per heavy atom. The van der Waals surface area contributed by atoms with E-state index in [0.717, 1.165) is 15.4 Å². The van der Waals surface area contributed by atoms with Crippen molar-refractivity contribution >= 4 is 27.5 Å². The summed E-state index contributed by atoms with van der Waals surface area (Å²) in [6, 6.07) is 18.1. The molecule has 3 rings (SSSR count). The van der Waals surface area contributed by atoms with Gasteiger partial charge < -0.3 is 10.2 Å². The summed E-state index contributed by atoms with van der Waals surface area (Å²) >= 11 is 0. The van der Waals surface area contributed by atoms with Crippen molar-refractivity contribution in [1.82, 2.24) is 10.2 Å². The van der Waals surface area contributed by atoms with Gasteiger partial charge >= 0.3 is 0 Å². The van der Waals surface area contributed by atoms with E-state index in [1.165, 1.54) is 35.2 Å². The second-order valence-electron chi connectivity index (χ2n) is 9.77. The molecule has 0 fully saturated rings. The summed E-state index contributed by atoms with van der Waals surface area (Å²) < 4.78 is 43.3. The van der Waals surface area contributed by atoms with Crippen molar-refractivity contribution in [2.75, 3.05) is 10.8 Å². The van der Waals surface area contributed by atoms with Crippen molar-refractivity contribution in [2.45, 2.75) is 64.6 Å². The second-order valence-corrected chi connectivity index (χ2v) is 11.6. The number of anilines is 1. The molecule has 39 heavy (non-hydrogen) atoms. The zero-order valence-electron chi connectivity index (χ0n) is 23.0. The summed E-state index contributed by atoms with van der Waals surface area (Å²) in [5.74, 6) is -1.56. The number of carbonyl (C=O) groups excluding carboxylic acids is 2. The first-order valence-electron chi connectivity index (χ1n) is 12.9. The highest BCUT2D eigenvalue weighted by molar-refractivity contribution is 7.92. The third kappa shape index (κ3) is 7.44. The fourth-order valence-corrected chi connectivity index (χ4v) is 5.41. The van der Waals surface area contributed by atoms with Crippen molar-refractivity contribution in [3.8, 4) is 0 Å². The van der Waals surface area contributed by atoms with Gasteiger partial charge in [0.25, 0.3) is 10.0 Å². The summed E-state index contributed by atoms with van der Waals surface area (Å²) in [5.41, 5.74) is 2.24. The molecule has 0 aliphatic carbocycles. The first-order valence-corrected chi connectivity index (χ1v) is 14.4. The van der Waals surface area contributed by atoms with Gasteiger partial charge in [0.05, 0.1) is 10.6 Å². The summed E-state index contributed by atoms with van der Waals surface area (Å²) in [6.45, 7) is 8.23. The summed E-state index contributed by atoms with van der Waals surface area (Å²) in [7, 11) is -4.15. The smallest absolute Gasteiger partial charge is 0.264 e. The van der Waals surface area contributed by atoms with Crippen LogP contribution in [-0.4, -0.2) is 43.8 Å². The lowest BCUT2D eigenvalue weighted by atomic mass is 10.1. The highest BCUT2D eigenvalue weighted by Crippen LogP contribution is 2.26. The van der Waals surface area contributed by atoms with Gasteiger partial charge in [0.1, 0.15) is 18.4 Å². The van der Waals surface area contributed by atoms with Gasteiger partial charge in [0, 0.05) is 18.2 Å². The first kappa shape index (κ1) is 29.8. The largest absolute Gasteiger partial charge is 0.352 e. The van der Waals surface area contributed by atoms with Crippen molar-refractivity contribution < 1.29 is 22.4 Å². The number of aryl methyl sites for hydroxylation is 2. The van der Waals surface area contributed by atoms with Crippen LogP contribution in [0.25, 0.3) is 0 Å². The Labute approximate surface area is 230 Å². The predicted octanol–water partition coefficient (Wildman–Crippen LogP) is 4.97. The Morgan fingerprint density at radius 3 is 2.21 bits per heavy atom. The maximum Gasteiger partial charge on any atom is 0.264 e. The van der Waals surface area contributed by atoms with Crippen LogP contribution in [0.2, 0.25) is 0 Å². The molecule has 208 valence electrons. The fourth-order valence-electron chi connectivity index (χ4n) is 4.01. The van der Waals surface area contributed by atoms with Crippen molar-refractivity contribution in [2.24, 2.45) is 0 Å². The van der Waals surface area contributed by atoms with Crippen LogP contribution < -0.4 is 9.62 Å². The molecule has 0 aliphatic rings. The predicted molar refractivity (Wildman–Crippen MR) is 151 cm³/mol. The van der Waals surface area contributed by atoms with Crippen LogP contribution in [0.1, 0.15) is 43.9 Å². The number of sulfonamides is 1. The average Bonchev–Trinajstić information content (AvgIpc) is 2.90. The lowest BCUT2D eigenvalue weighted by Gasteiger charge is -2.32. The number of halogens is 1. The minimum absolute atomic E-state index is 0.0330. The fraction of sp³-hybridized carbons (Fsp3) is 0.333. The van der Waals surface area contributed by atoms with Crippen molar-refractivity contribution in [3.63, 3.8) is 0 Å². The third-order valence-electron chi connectivity index (χ3n) is 6.64. The van der Waals surface area contributed by atoms with Gasteiger partial charge in [-0.25, -0.2) is 12.8 Å². The monoisotopic (exact) mass is 553 g/mol. The van der Waals surface area contributed by atoms with E-state index in [0.29, 0.717) is 12.1 Å². The molecular weight excluding hydrogens is 517 g/mol. The molecule has 0 bridgehead atoms. The van der Waals surface area contributed by atoms with Crippen molar-refractivity contribution in [3.05, 3.63) is 95.3 Å². The van der Waals surface area contributed by atoms with Crippen LogP contribution in [0.5, 0.6) is 0 Å². The third-order valence-corrected chi connectivity index (χ3v) is 8.43. The number of rotatable bonds is 11. The molecule has 0 radical (unpaired) electrons. The standard InChI is InChI=1S/C30H36FN3O4S/c1-6-23(4)32-30(36)24(5)33(19-25-11-7-8-13-28(25)31)29(35)20-34(26-12-9-10-22(3)18-26)39(37,38)27-16-14-21(2)15-17-27/h7-18,23-24H,6,19-20H2,1-5H3,(H,32,36)/t23-,24+/m0/s1. The van der Waals surface area contributed by atoms with E-state index in [4.69, 9.17) is 0 Å². The van der Waals surface area contributed by atoms with E-state index in [1.54, 1.807) is 43.3 Å². The maximum atomic E-state index is 14.6. The van der Waals surface area contributed by atoms with Crippen LogP contribution >= 0.6 is 0 Å². The number of benzene rings is 3. The van der Waals surface area contributed by atoms with Gasteiger partial charge in [0.15, 0.2) is 0 Å². The number of nitrogens with zero attached hydrogens (tertiary/aromatic N) is 2. The Kier molecular flexibility index (Phi) is 9.86. The Hall–Kier alpha value is -3.72. The van der Waals surface area contributed by atoms with Crippen LogP contribution in [0, 0.1) is 19.7 Å². The molecule has 0 saturated heterocycles. The molecule has 0 spiro atoms. The van der Waals surface area contributed by atoms with Crippen LogP contribution in [0.3, 0.4) is 0 Å². The molecule has 0 aromatic heterocycles. The molecular formula is C30H36FN3O4S. The van der Waals surface area contributed by atoms with Crippen LogP contribution in [0.15, 0.2) is 77.7 Å². The number of hydrogen-bond acceptors (Lipinski definition) is 4. The Morgan fingerprint density at radius 2 is 1.59 bits per heavy atom. The van der Waals surface area contributed by atoms with E-state index < -0.39 is 40.2 Å². The molecule has 0 saturated carbocycles.